The quantitative estimate of drug-likeness (QED) is 0.611. The molecule has 0 saturated heterocycles. The minimum absolute atomic E-state index is 0.252. The molecular formula is C13H14N4O. The Kier molecular flexibility index (Phi) is 2.10. The van der Waals surface area contributed by atoms with E-state index in [0.717, 1.165) is 27.9 Å². The molecule has 1 aromatic carbocycles. The Morgan fingerprint density at radius 3 is 2.78 bits per heavy atom. The van der Waals surface area contributed by atoms with Gasteiger partial charge in [-0.05, 0) is 25.1 Å². The zero-order valence-electron chi connectivity index (χ0n) is 10.2. The van der Waals surface area contributed by atoms with Crippen molar-refractivity contribution in [1.29, 1.82) is 0 Å². The molecule has 5 nitrogen and oxygen atoms in total. The minimum atomic E-state index is 0.252. The highest BCUT2D eigenvalue weighted by atomic mass is 16.3. The standard InChI is InChI=1S/C13H14N4O/c1-7-13(10-6-12(14)16-15-10)9-5-8(18)3-4-11(9)17(7)2/h3-6,18H,1-2H3,(H3,14,15,16). The molecule has 0 spiro atoms. The molecule has 2 heterocycles. The Labute approximate surface area is 104 Å². The molecule has 92 valence electrons. The van der Waals surface area contributed by atoms with Crippen molar-refractivity contribution >= 4 is 16.7 Å². The molecule has 0 amide bonds. The molecule has 0 aliphatic heterocycles. The number of H-pyrrole nitrogens is 1. The number of phenols is 1. The number of hydrogen-bond donors (Lipinski definition) is 3. The number of nitrogens with two attached hydrogens (primary N) is 1. The average Bonchev–Trinajstić information content (AvgIpc) is 2.84. The fraction of sp³-hybridized carbons (Fsp3) is 0.154. The van der Waals surface area contributed by atoms with Crippen LogP contribution in [-0.2, 0) is 7.05 Å². The number of fused-ring (bicyclic) bond motifs is 1. The SMILES string of the molecule is Cc1c(-c2cc(N)n[nH]2)c2cc(O)ccc2n1C. The van der Waals surface area contributed by atoms with Gasteiger partial charge in [0.2, 0.25) is 0 Å². The van der Waals surface area contributed by atoms with Gasteiger partial charge in [-0.25, -0.2) is 0 Å². The van der Waals surface area contributed by atoms with Gasteiger partial charge in [-0.2, -0.15) is 5.10 Å². The zero-order valence-corrected chi connectivity index (χ0v) is 10.2. The number of aromatic amines is 1. The predicted octanol–water partition coefficient (Wildman–Crippen LogP) is 2.16. The van der Waals surface area contributed by atoms with Crippen LogP contribution in [0.1, 0.15) is 5.69 Å². The number of aromatic hydroxyl groups is 1. The highest BCUT2D eigenvalue weighted by Gasteiger charge is 2.15. The van der Waals surface area contributed by atoms with E-state index >= 15 is 0 Å². The van der Waals surface area contributed by atoms with Crippen LogP contribution in [0.4, 0.5) is 5.82 Å². The molecule has 18 heavy (non-hydrogen) atoms. The van der Waals surface area contributed by atoms with Crippen molar-refractivity contribution < 1.29 is 5.11 Å². The van der Waals surface area contributed by atoms with E-state index < -0.39 is 0 Å². The highest BCUT2D eigenvalue weighted by molar-refractivity contribution is 5.98. The third-order valence-corrected chi connectivity index (χ3v) is 3.34. The summed E-state index contributed by atoms with van der Waals surface area (Å²) in [5.41, 5.74) is 9.69. The van der Waals surface area contributed by atoms with Crippen LogP contribution in [0.15, 0.2) is 24.3 Å². The molecule has 3 rings (SSSR count). The van der Waals surface area contributed by atoms with Crippen molar-refractivity contribution in [3.8, 4) is 17.0 Å². The van der Waals surface area contributed by atoms with Crippen LogP contribution in [0, 0.1) is 6.92 Å². The van der Waals surface area contributed by atoms with Gasteiger partial charge in [0.1, 0.15) is 11.6 Å². The number of benzene rings is 1. The smallest absolute Gasteiger partial charge is 0.145 e. The lowest BCUT2D eigenvalue weighted by Gasteiger charge is -1.98. The first kappa shape index (κ1) is 10.7. The fourth-order valence-corrected chi connectivity index (χ4v) is 2.37. The van der Waals surface area contributed by atoms with Gasteiger partial charge < -0.3 is 15.4 Å². The molecule has 3 aromatic rings. The summed E-state index contributed by atoms with van der Waals surface area (Å²) in [7, 11) is 2.00. The second-order valence-corrected chi connectivity index (χ2v) is 4.43. The molecule has 0 atom stereocenters. The van der Waals surface area contributed by atoms with Crippen molar-refractivity contribution in [2.24, 2.45) is 7.05 Å². The molecule has 0 aliphatic rings. The first-order valence-corrected chi connectivity index (χ1v) is 5.67. The van der Waals surface area contributed by atoms with Gasteiger partial charge in [0.05, 0.1) is 5.69 Å². The van der Waals surface area contributed by atoms with Gasteiger partial charge in [-0.15, -0.1) is 0 Å². The summed E-state index contributed by atoms with van der Waals surface area (Å²) in [6, 6.07) is 7.15. The van der Waals surface area contributed by atoms with Gasteiger partial charge in [-0.3, -0.25) is 5.10 Å². The van der Waals surface area contributed by atoms with Gasteiger partial charge in [0.15, 0.2) is 0 Å². The summed E-state index contributed by atoms with van der Waals surface area (Å²) in [4.78, 5) is 0. The first-order valence-electron chi connectivity index (χ1n) is 5.67. The first-order chi connectivity index (χ1) is 8.58. The number of hydrogen-bond acceptors (Lipinski definition) is 3. The Hall–Kier alpha value is -2.43. The van der Waals surface area contributed by atoms with E-state index in [4.69, 9.17) is 5.73 Å². The van der Waals surface area contributed by atoms with E-state index in [-0.39, 0.29) is 5.75 Å². The third kappa shape index (κ3) is 1.37. The maximum atomic E-state index is 9.65. The van der Waals surface area contributed by atoms with E-state index in [0.29, 0.717) is 5.82 Å². The molecule has 5 heteroatoms. The molecule has 0 saturated carbocycles. The van der Waals surface area contributed by atoms with Gasteiger partial charge in [-0.1, -0.05) is 0 Å². The number of aryl methyl sites for hydroxylation is 1. The summed E-state index contributed by atoms with van der Waals surface area (Å²) < 4.78 is 2.08. The highest BCUT2D eigenvalue weighted by Crippen LogP contribution is 2.35. The van der Waals surface area contributed by atoms with Crippen LogP contribution in [0.5, 0.6) is 5.75 Å². The second kappa shape index (κ2) is 3.53. The number of nitrogen functional groups attached to an aromatic ring is 1. The second-order valence-electron chi connectivity index (χ2n) is 4.43. The summed E-state index contributed by atoms with van der Waals surface area (Å²) in [6.07, 6.45) is 0. The molecule has 0 bridgehead atoms. The van der Waals surface area contributed by atoms with E-state index in [9.17, 15) is 5.11 Å². The Bertz CT molecular complexity index is 739. The lowest BCUT2D eigenvalue weighted by Crippen LogP contribution is -1.90. The number of phenolic OH excluding ortho intramolecular Hbond substituents is 1. The lowest BCUT2D eigenvalue weighted by molar-refractivity contribution is 0.476. The van der Waals surface area contributed by atoms with Crippen molar-refractivity contribution in [1.82, 2.24) is 14.8 Å². The molecule has 0 aliphatic carbocycles. The number of nitrogens with one attached hydrogen (secondary N) is 1. The Morgan fingerprint density at radius 2 is 2.11 bits per heavy atom. The van der Waals surface area contributed by atoms with Crippen LogP contribution in [0.25, 0.3) is 22.2 Å². The Balaban J connectivity index is 2.40. The Morgan fingerprint density at radius 1 is 1.33 bits per heavy atom. The fourth-order valence-electron chi connectivity index (χ4n) is 2.37. The summed E-state index contributed by atoms with van der Waals surface area (Å²) in [5.74, 6) is 0.711. The lowest BCUT2D eigenvalue weighted by atomic mass is 10.1. The monoisotopic (exact) mass is 242 g/mol. The largest absolute Gasteiger partial charge is 0.508 e. The van der Waals surface area contributed by atoms with Crippen LogP contribution < -0.4 is 5.73 Å². The normalized spacial score (nSPS) is 11.2. The summed E-state index contributed by atoms with van der Waals surface area (Å²) >= 11 is 0. The van der Waals surface area contributed by atoms with Crippen molar-refractivity contribution in [2.75, 3.05) is 5.73 Å². The number of nitrogens with zero attached hydrogens (tertiary/aromatic N) is 2. The number of rotatable bonds is 1. The van der Waals surface area contributed by atoms with E-state index in [1.54, 1.807) is 18.2 Å². The molecule has 0 radical (unpaired) electrons. The molecule has 4 N–H and O–H groups in total. The summed E-state index contributed by atoms with van der Waals surface area (Å²) in [5, 5.41) is 17.5. The number of anilines is 1. The number of aromatic nitrogens is 3. The van der Waals surface area contributed by atoms with Crippen LogP contribution >= 0.6 is 0 Å². The maximum Gasteiger partial charge on any atom is 0.145 e. The van der Waals surface area contributed by atoms with Crippen molar-refractivity contribution in [3.63, 3.8) is 0 Å². The molecule has 0 unspecified atom stereocenters. The van der Waals surface area contributed by atoms with E-state index in [1.807, 2.05) is 20.0 Å². The third-order valence-electron chi connectivity index (χ3n) is 3.34. The van der Waals surface area contributed by atoms with Crippen LogP contribution in [-0.4, -0.2) is 19.9 Å². The molecule has 2 aromatic heterocycles. The van der Waals surface area contributed by atoms with Gasteiger partial charge in [0, 0.05) is 35.3 Å². The van der Waals surface area contributed by atoms with Crippen LogP contribution in [0.3, 0.4) is 0 Å². The maximum absolute atomic E-state index is 9.65. The van der Waals surface area contributed by atoms with E-state index in [2.05, 4.69) is 14.8 Å². The van der Waals surface area contributed by atoms with Crippen LogP contribution in [0.2, 0.25) is 0 Å². The van der Waals surface area contributed by atoms with Crippen molar-refractivity contribution in [3.05, 3.63) is 30.0 Å². The average molecular weight is 242 g/mol. The van der Waals surface area contributed by atoms with E-state index in [1.165, 1.54) is 0 Å². The predicted molar refractivity (Wildman–Crippen MR) is 71.3 cm³/mol. The van der Waals surface area contributed by atoms with Crippen molar-refractivity contribution in [2.45, 2.75) is 6.92 Å². The zero-order chi connectivity index (χ0) is 12.9. The topological polar surface area (TPSA) is 79.9 Å². The molecule has 0 fully saturated rings. The summed E-state index contributed by atoms with van der Waals surface area (Å²) in [6.45, 7) is 2.03. The van der Waals surface area contributed by atoms with Gasteiger partial charge >= 0.3 is 0 Å². The molecular weight excluding hydrogens is 228 g/mol. The minimum Gasteiger partial charge on any atom is -0.508 e. The van der Waals surface area contributed by atoms with Gasteiger partial charge in [0.25, 0.3) is 0 Å².